The zero-order valence-electron chi connectivity index (χ0n) is 13.9. The molecule has 6 nitrogen and oxygen atoms in total. The number of anilines is 2. The second-order valence-electron chi connectivity index (χ2n) is 5.44. The average molecular weight is 387 g/mol. The molecule has 0 aliphatic rings. The van der Waals surface area contributed by atoms with Crippen LogP contribution in [0, 0.1) is 13.8 Å². The van der Waals surface area contributed by atoms with Crippen LogP contribution in [-0.4, -0.2) is 28.5 Å². The summed E-state index contributed by atoms with van der Waals surface area (Å²) in [5.74, 6) is -0.148. The van der Waals surface area contributed by atoms with E-state index < -0.39 is 17.6 Å². The summed E-state index contributed by atoms with van der Waals surface area (Å²) in [5.41, 5.74) is -0.675. The Bertz CT molecular complexity index is 806. The minimum atomic E-state index is -4.49. The molecule has 1 aromatic heterocycles. The predicted octanol–water partition coefficient (Wildman–Crippen LogP) is 3.62. The van der Waals surface area contributed by atoms with Gasteiger partial charge in [-0.3, -0.25) is 9.59 Å². The van der Waals surface area contributed by atoms with Crippen LogP contribution in [-0.2, 0) is 15.8 Å². The molecule has 0 radical (unpaired) electrons. The van der Waals surface area contributed by atoms with Crippen molar-refractivity contribution >= 4 is 35.1 Å². The number of carbonyl (C=O) groups is 2. The van der Waals surface area contributed by atoms with Crippen LogP contribution in [0.1, 0.15) is 16.9 Å². The highest BCUT2D eigenvalue weighted by Gasteiger charge is 2.32. The van der Waals surface area contributed by atoms with Crippen LogP contribution < -0.4 is 10.6 Å². The van der Waals surface area contributed by atoms with Crippen LogP contribution in [0.2, 0.25) is 0 Å². The first kappa shape index (κ1) is 19.8. The molecule has 1 aromatic carbocycles. The fourth-order valence-electron chi connectivity index (χ4n) is 2.04. The van der Waals surface area contributed by atoms with Gasteiger partial charge in [0.2, 0.25) is 11.8 Å². The van der Waals surface area contributed by atoms with E-state index in [0.29, 0.717) is 5.76 Å². The number of alkyl halides is 3. The van der Waals surface area contributed by atoms with Crippen LogP contribution in [0.3, 0.4) is 0 Å². The van der Waals surface area contributed by atoms with Crippen molar-refractivity contribution < 1.29 is 27.3 Å². The number of benzene rings is 1. The van der Waals surface area contributed by atoms with E-state index in [0.717, 1.165) is 17.8 Å². The number of carbonyl (C=O) groups excluding carboxylic acids is 2. The zero-order valence-corrected chi connectivity index (χ0v) is 14.8. The van der Waals surface area contributed by atoms with Gasteiger partial charge >= 0.3 is 6.18 Å². The van der Waals surface area contributed by atoms with Crippen molar-refractivity contribution in [2.45, 2.75) is 20.0 Å². The Labute approximate surface area is 151 Å². The van der Waals surface area contributed by atoms with E-state index in [1.54, 1.807) is 13.0 Å². The van der Waals surface area contributed by atoms with Crippen molar-refractivity contribution in [3.63, 3.8) is 0 Å². The van der Waals surface area contributed by atoms with Gasteiger partial charge in [-0.2, -0.15) is 13.2 Å². The summed E-state index contributed by atoms with van der Waals surface area (Å²) in [7, 11) is 0. The highest BCUT2D eigenvalue weighted by molar-refractivity contribution is 8.00. The first-order valence-corrected chi connectivity index (χ1v) is 8.59. The molecule has 140 valence electrons. The normalized spacial score (nSPS) is 11.3. The molecule has 10 heteroatoms. The van der Waals surface area contributed by atoms with E-state index in [-0.39, 0.29) is 34.5 Å². The minimum absolute atomic E-state index is 0.0129. The molecular weight excluding hydrogens is 371 g/mol. The molecular formula is C16H16F3N3O3S. The molecule has 2 aromatic rings. The largest absolute Gasteiger partial charge is 0.416 e. The molecule has 0 spiro atoms. The molecule has 0 atom stereocenters. The van der Waals surface area contributed by atoms with Crippen LogP contribution in [0.15, 0.2) is 28.8 Å². The summed E-state index contributed by atoms with van der Waals surface area (Å²) < 4.78 is 43.4. The quantitative estimate of drug-likeness (QED) is 0.791. The van der Waals surface area contributed by atoms with E-state index in [1.807, 2.05) is 0 Å². The Morgan fingerprint density at radius 2 is 1.77 bits per heavy atom. The number of rotatable bonds is 6. The van der Waals surface area contributed by atoms with Gasteiger partial charge in [-0.15, -0.1) is 11.8 Å². The second-order valence-corrected chi connectivity index (χ2v) is 6.43. The third-order valence-electron chi connectivity index (χ3n) is 3.19. The Morgan fingerprint density at radius 3 is 2.35 bits per heavy atom. The lowest BCUT2D eigenvalue weighted by atomic mass is 10.1. The molecule has 0 aliphatic carbocycles. The van der Waals surface area contributed by atoms with E-state index in [9.17, 15) is 22.8 Å². The van der Waals surface area contributed by atoms with Gasteiger partial charge in [0, 0.05) is 11.8 Å². The fourth-order valence-corrected chi connectivity index (χ4v) is 2.66. The Hall–Kier alpha value is -2.49. The van der Waals surface area contributed by atoms with Crippen molar-refractivity contribution in [1.29, 1.82) is 0 Å². The topological polar surface area (TPSA) is 84.2 Å². The molecule has 2 N–H and O–H groups in total. The molecule has 26 heavy (non-hydrogen) atoms. The minimum Gasteiger partial charge on any atom is -0.360 e. The highest BCUT2D eigenvalue weighted by Crippen LogP contribution is 2.33. The molecule has 0 saturated heterocycles. The van der Waals surface area contributed by atoms with Gasteiger partial charge in [-0.1, -0.05) is 11.2 Å². The first-order chi connectivity index (χ1) is 12.1. The Morgan fingerprint density at radius 1 is 1.12 bits per heavy atom. The van der Waals surface area contributed by atoms with Crippen molar-refractivity contribution in [3.8, 4) is 0 Å². The van der Waals surface area contributed by atoms with Crippen molar-refractivity contribution in [2.24, 2.45) is 0 Å². The molecule has 1 heterocycles. The number of halogens is 3. The number of hydrogen-bond donors (Lipinski definition) is 2. The van der Waals surface area contributed by atoms with Crippen LogP contribution >= 0.6 is 11.8 Å². The monoisotopic (exact) mass is 387 g/mol. The van der Waals surface area contributed by atoms with Gasteiger partial charge in [0.15, 0.2) is 5.82 Å². The van der Waals surface area contributed by atoms with Crippen molar-refractivity contribution in [3.05, 3.63) is 41.2 Å². The maximum absolute atomic E-state index is 12.9. The van der Waals surface area contributed by atoms with Crippen LogP contribution in [0.4, 0.5) is 24.7 Å². The molecule has 0 unspecified atom stereocenters. The number of nitrogens with one attached hydrogen (secondary N) is 2. The zero-order chi connectivity index (χ0) is 19.3. The Balaban J connectivity index is 1.81. The first-order valence-electron chi connectivity index (χ1n) is 7.44. The smallest absolute Gasteiger partial charge is 0.360 e. The summed E-state index contributed by atoms with van der Waals surface area (Å²) in [5, 5.41) is 8.49. The number of hydrogen-bond acceptors (Lipinski definition) is 5. The van der Waals surface area contributed by atoms with E-state index in [1.165, 1.54) is 19.1 Å². The third kappa shape index (κ3) is 5.80. The standard InChI is InChI=1S/C16H16F3N3O3S/c1-9-3-4-11(6-12(9)16(17,18)19)20-14(23)7-26-8-15(24)21-13-5-10(2)25-22-13/h3-6H,7-8H2,1-2H3,(H,20,23)(H,21,22,24). The summed E-state index contributed by atoms with van der Waals surface area (Å²) in [4.78, 5) is 23.5. The van der Waals surface area contributed by atoms with Gasteiger partial charge in [0.25, 0.3) is 0 Å². The summed E-state index contributed by atoms with van der Waals surface area (Å²) in [6, 6.07) is 5.12. The number of aryl methyl sites for hydroxylation is 2. The second kappa shape index (κ2) is 8.26. The predicted molar refractivity (Wildman–Crippen MR) is 92.0 cm³/mol. The third-order valence-corrected chi connectivity index (χ3v) is 4.12. The molecule has 0 fully saturated rings. The lowest BCUT2D eigenvalue weighted by Crippen LogP contribution is -2.19. The van der Waals surface area contributed by atoms with Gasteiger partial charge in [0.1, 0.15) is 5.76 Å². The Kier molecular flexibility index (Phi) is 6.30. The van der Waals surface area contributed by atoms with Crippen molar-refractivity contribution in [1.82, 2.24) is 5.16 Å². The average Bonchev–Trinajstić information content (AvgIpc) is 2.93. The van der Waals surface area contributed by atoms with E-state index >= 15 is 0 Å². The summed E-state index contributed by atoms with van der Waals surface area (Å²) >= 11 is 1.02. The number of amides is 2. The van der Waals surface area contributed by atoms with Gasteiger partial charge < -0.3 is 15.2 Å². The fraction of sp³-hybridized carbons (Fsp3) is 0.312. The maximum Gasteiger partial charge on any atom is 0.416 e. The number of nitrogens with zero attached hydrogens (tertiary/aromatic N) is 1. The number of thioether (sulfide) groups is 1. The highest BCUT2D eigenvalue weighted by atomic mass is 32.2. The summed E-state index contributed by atoms with van der Waals surface area (Å²) in [6.07, 6.45) is -4.49. The molecule has 2 amide bonds. The van der Waals surface area contributed by atoms with Crippen molar-refractivity contribution in [2.75, 3.05) is 22.1 Å². The number of aromatic nitrogens is 1. The summed E-state index contributed by atoms with van der Waals surface area (Å²) in [6.45, 7) is 3.02. The van der Waals surface area contributed by atoms with Gasteiger partial charge in [-0.25, -0.2) is 0 Å². The van der Waals surface area contributed by atoms with E-state index in [2.05, 4.69) is 15.8 Å². The SMILES string of the molecule is Cc1cc(NC(=O)CSCC(=O)Nc2ccc(C)c(C(F)(F)F)c2)no1. The van der Waals surface area contributed by atoms with E-state index in [4.69, 9.17) is 4.52 Å². The van der Waals surface area contributed by atoms with Gasteiger partial charge in [0.05, 0.1) is 17.1 Å². The molecule has 0 saturated carbocycles. The van der Waals surface area contributed by atoms with Gasteiger partial charge in [-0.05, 0) is 31.5 Å². The lowest BCUT2D eigenvalue weighted by Gasteiger charge is -2.12. The molecule has 2 rings (SSSR count). The van der Waals surface area contributed by atoms with Crippen LogP contribution in [0.5, 0.6) is 0 Å². The maximum atomic E-state index is 12.9. The van der Waals surface area contributed by atoms with Crippen LogP contribution in [0.25, 0.3) is 0 Å². The molecule has 0 bridgehead atoms. The lowest BCUT2D eigenvalue weighted by molar-refractivity contribution is -0.138. The molecule has 0 aliphatic heterocycles.